The van der Waals surface area contributed by atoms with Gasteiger partial charge < -0.3 is 10.1 Å². The number of hydrogen-bond donors (Lipinski definition) is 1. The zero-order valence-electron chi connectivity index (χ0n) is 6.54. The standard InChI is InChI=1S/C9H9NO2/c11-9-5-10-8-3-1-7(2-4-8)6-12-9/h1-4,10H,5-6H2. The minimum atomic E-state index is -0.211. The van der Waals surface area contributed by atoms with Gasteiger partial charge >= 0.3 is 5.97 Å². The van der Waals surface area contributed by atoms with Crippen LogP contribution in [0.5, 0.6) is 0 Å². The molecular formula is C9H9NO2. The number of nitrogens with one attached hydrogen (secondary N) is 1. The maximum absolute atomic E-state index is 10.9. The first-order valence-electron chi connectivity index (χ1n) is 3.83. The molecule has 0 saturated heterocycles. The van der Waals surface area contributed by atoms with Gasteiger partial charge in [0.15, 0.2) is 0 Å². The quantitative estimate of drug-likeness (QED) is 0.583. The van der Waals surface area contributed by atoms with E-state index >= 15 is 0 Å². The van der Waals surface area contributed by atoms with E-state index in [1.807, 2.05) is 24.3 Å². The highest BCUT2D eigenvalue weighted by Gasteiger charge is 2.06. The van der Waals surface area contributed by atoms with E-state index in [4.69, 9.17) is 4.74 Å². The lowest BCUT2D eigenvalue weighted by Gasteiger charge is -2.01. The van der Waals surface area contributed by atoms with Crippen molar-refractivity contribution >= 4 is 11.7 Å². The van der Waals surface area contributed by atoms with E-state index in [9.17, 15) is 4.79 Å². The fourth-order valence-electron chi connectivity index (χ4n) is 1.11. The van der Waals surface area contributed by atoms with Crippen molar-refractivity contribution in [2.24, 2.45) is 0 Å². The van der Waals surface area contributed by atoms with Gasteiger partial charge in [-0.1, -0.05) is 12.1 Å². The molecule has 0 aromatic heterocycles. The van der Waals surface area contributed by atoms with Crippen molar-refractivity contribution in [2.45, 2.75) is 6.61 Å². The molecule has 3 nitrogen and oxygen atoms in total. The number of hydrogen-bond acceptors (Lipinski definition) is 3. The van der Waals surface area contributed by atoms with Gasteiger partial charge in [0.25, 0.3) is 0 Å². The second kappa shape index (κ2) is 2.85. The number of benzene rings is 1. The molecule has 0 aliphatic carbocycles. The van der Waals surface area contributed by atoms with Crippen LogP contribution in [-0.4, -0.2) is 12.5 Å². The second-order valence-electron chi connectivity index (χ2n) is 2.71. The van der Waals surface area contributed by atoms with Gasteiger partial charge in [-0.3, -0.25) is 4.79 Å². The minimum Gasteiger partial charge on any atom is -0.460 e. The Labute approximate surface area is 70.3 Å². The van der Waals surface area contributed by atoms with E-state index < -0.39 is 0 Å². The van der Waals surface area contributed by atoms with E-state index in [1.165, 1.54) is 0 Å². The molecule has 0 spiro atoms. The van der Waals surface area contributed by atoms with Crippen LogP contribution in [-0.2, 0) is 16.1 Å². The summed E-state index contributed by atoms with van der Waals surface area (Å²) in [5.74, 6) is -0.211. The van der Waals surface area contributed by atoms with Gasteiger partial charge in [-0.05, 0) is 17.7 Å². The molecule has 12 heavy (non-hydrogen) atoms. The van der Waals surface area contributed by atoms with Gasteiger partial charge in [0.05, 0.1) is 0 Å². The molecule has 3 heteroatoms. The molecule has 0 atom stereocenters. The Morgan fingerprint density at radius 3 is 2.75 bits per heavy atom. The minimum absolute atomic E-state index is 0.211. The highest BCUT2D eigenvalue weighted by atomic mass is 16.5. The number of esters is 1. The molecule has 0 unspecified atom stereocenters. The average molecular weight is 163 g/mol. The summed E-state index contributed by atoms with van der Waals surface area (Å²) in [4.78, 5) is 10.9. The predicted octanol–water partition coefficient (Wildman–Crippen LogP) is 1.16. The fourth-order valence-corrected chi connectivity index (χ4v) is 1.11. The van der Waals surface area contributed by atoms with Crippen LogP contribution >= 0.6 is 0 Å². The maximum Gasteiger partial charge on any atom is 0.325 e. The van der Waals surface area contributed by atoms with Gasteiger partial charge in [-0.25, -0.2) is 0 Å². The number of anilines is 1. The van der Waals surface area contributed by atoms with Crippen LogP contribution in [0.4, 0.5) is 5.69 Å². The van der Waals surface area contributed by atoms with Gasteiger partial charge in [0.2, 0.25) is 0 Å². The van der Waals surface area contributed by atoms with Crippen LogP contribution in [0, 0.1) is 0 Å². The summed E-state index contributed by atoms with van der Waals surface area (Å²) in [7, 11) is 0. The molecule has 2 bridgehead atoms. The summed E-state index contributed by atoms with van der Waals surface area (Å²) < 4.78 is 4.94. The van der Waals surface area contributed by atoms with Crippen LogP contribution in [0.3, 0.4) is 0 Å². The van der Waals surface area contributed by atoms with Crippen LogP contribution in [0.15, 0.2) is 24.3 Å². The lowest BCUT2D eigenvalue weighted by Crippen LogP contribution is -2.15. The normalized spacial score (nSPS) is 15.5. The van der Waals surface area contributed by atoms with Gasteiger partial charge in [-0.2, -0.15) is 0 Å². The first-order chi connectivity index (χ1) is 5.84. The van der Waals surface area contributed by atoms with E-state index in [2.05, 4.69) is 5.32 Å². The van der Waals surface area contributed by atoms with E-state index in [1.54, 1.807) is 0 Å². The smallest absolute Gasteiger partial charge is 0.325 e. The zero-order chi connectivity index (χ0) is 8.39. The van der Waals surface area contributed by atoms with Crippen molar-refractivity contribution < 1.29 is 9.53 Å². The molecule has 62 valence electrons. The second-order valence-corrected chi connectivity index (χ2v) is 2.71. The zero-order valence-corrected chi connectivity index (χ0v) is 6.54. The molecule has 0 radical (unpaired) electrons. The molecule has 1 N–H and O–H groups in total. The van der Waals surface area contributed by atoms with Crippen molar-refractivity contribution in [1.82, 2.24) is 0 Å². The number of rotatable bonds is 0. The summed E-state index contributed by atoms with van der Waals surface area (Å²) in [6.07, 6.45) is 0. The molecular weight excluding hydrogens is 154 g/mol. The summed E-state index contributed by atoms with van der Waals surface area (Å²) in [5, 5.41) is 2.95. The summed E-state index contributed by atoms with van der Waals surface area (Å²) >= 11 is 0. The number of fused-ring (bicyclic) bond motifs is 6. The molecule has 0 saturated carbocycles. The molecule has 2 aliphatic heterocycles. The molecule has 0 amide bonds. The van der Waals surface area contributed by atoms with E-state index in [-0.39, 0.29) is 12.5 Å². The van der Waals surface area contributed by atoms with Gasteiger partial charge in [-0.15, -0.1) is 0 Å². The van der Waals surface area contributed by atoms with Crippen molar-refractivity contribution in [2.75, 3.05) is 11.9 Å². The first kappa shape index (κ1) is 7.16. The summed E-state index contributed by atoms with van der Waals surface area (Å²) in [5.41, 5.74) is 1.98. The van der Waals surface area contributed by atoms with E-state index in [0.29, 0.717) is 6.61 Å². The number of carbonyl (C=O) groups excluding carboxylic acids is 1. The van der Waals surface area contributed by atoms with Crippen molar-refractivity contribution in [3.63, 3.8) is 0 Å². The Hall–Kier alpha value is -1.51. The van der Waals surface area contributed by atoms with Crippen LogP contribution in [0.25, 0.3) is 0 Å². The van der Waals surface area contributed by atoms with Gasteiger partial charge in [0.1, 0.15) is 13.2 Å². The molecule has 3 rings (SSSR count). The van der Waals surface area contributed by atoms with Crippen molar-refractivity contribution in [1.29, 1.82) is 0 Å². The van der Waals surface area contributed by atoms with Crippen LogP contribution in [0.1, 0.15) is 5.56 Å². The lowest BCUT2D eigenvalue weighted by atomic mass is 10.2. The van der Waals surface area contributed by atoms with Crippen molar-refractivity contribution in [3.8, 4) is 0 Å². The molecule has 2 heterocycles. The fraction of sp³-hybridized carbons (Fsp3) is 0.222. The summed E-state index contributed by atoms with van der Waals surface area (Å²) in [6.45, 7) is 0.623. The largest absolute Gasteiger partial charge is 0.460 e. The molecule has 0 fully saturated rings. The Bertz CT molecular complexity index is 263. The monoisotopic (exact) mass is 163 g/mol. The topological polar surface area (TPSA) is 38.3 Å². The number of ether oxygens (including phenoxy) is 1. The third-order valence-corrected chi connectivity index (χ3v) is 1.79. The highest BCUT2D eigenvalue weighted by molar-refractivity contribution is 5.75. The predicted molar refractivity (Wildman–Crippen MR) is 44.7 cm³/mol. The van der Waals surface area contributed by atoms with Crippen LogP contribution in [0.2, 0.25) is 0 Å². The van der Waals surface area contributed by atoms with Crippen LogP contribution < -0.4 is 5.32 Å². The lowest BCUT2D eigenvalue weighted by molar-refractivity contribution is -0.142. The first-order valence-corrected chi connectivity index (χ1v) is 3.83. The maximum atomic E-state index is 10.9. The molecule has 1 aromatic rings. The highest BCUT2D eigenvalue weighted by Crippen LogP contribution is 2.12. The average Bonchev–Trinajstić information content (AvgIpc) is 2.24. The Morgan fingerprint density at radius 2 is 2.00 bits per heavy atom. The Kier molecular flexibility index (Phi) is 1.70. The van der Waals surface area contributed by atoms with Crippen molar-refractivity contribution in [3.05, 3.63) is 29.8 Å². The summed E-state index contributed by atoms with van der Waals surface area (Å²) in [6, 6.07) is 7.77. The number of carbonyl (C=O) groups is 1. The third-order valence-electron chi connectivity index (χ3n) is 1.79. The molecule has 2 aliphatic rings. The van der Waals surface area contributed by atoms with Gasteiger partial charge in [0, 0.05) is 5.69 Å². The third kappa shape index (κ3) is 1.39. The Morgan fingerprint density at radius 1 is 1.25 bits per heavy atom. The van der Waals surface area contributed by atoms with E-state index in [0.717, 1.165) is 11.3 Å². The Balaban J connectivity index is 2.29. The molecule has 1 aromatic carbocycles. The SMILES string of the molecule is O=C1CNc2ccc(cc2)CO1.